The van der Waals surface area contributed by atoms with Crippen molar-refractivity contribution in [1.82, 2.24) is 0 Å². The molecule has 0 aromatic heterocycles. The van der Waals surface area contributed by atoms with E-state index < -0.39 is 5.97 Å². The van der Waals surface area contributed by atoms with E-state index in [-0.39, 0.29) is 28.3 Å². The number of rotatable bonds is 3. The first-order valence-corrected chi connectivity index (χ1v) is 5.46. The number of carbonyl (C=O) groups excluding carboxylic acids is 1. The van der Waals surface area contributed by atoms with Crippen LogP contribution in [0.15, 0.2) is 42.5 Å². The molecule has 0 amide bonds. The zero-order valence-electron chi connectivity index (χ0n) is 9.83. The first-order chi connectivity index (χ1) is 9.00. The molecule has 0 heterocycles. The zero-order chi connectivity index (χ0) is 14.0. The molecule has 0 radical (unpaired) electrons. The standard InChI is InChI=1S/C14H11NO4/c15-12-10(2-1-3-11(12)14(18)19)13(17)8-4-6-9(16)7-5-8/h1-7,16H,15H2,(H,18,19). The van der Waals surface area contributed by atoms with E-state index in [9.17, 15) is 9.59 Å². The Morgan fingerprint density at radius 3 is 2.11 bits per heavy atom. The Hall–Kier alpha value is -2.82. The minimum Gasteiger partial charge on any atom is -0.508 e. The van der Waals surface area contributed by atoms with E-state index in [0.717, 1.165) is 0 Å². The van der Waals surface area contributed by atoms with E-state index in [1.807, 2.05) is 0 Å². The number of para-hydroxylation sites is 1. The fourth-order valence-corrected chi connectivity index (χ4v) is 1.72. The van der Waals surface area contributed by atoms with Crippen molar-refractivity contribution in [3.63, 3.8) is 0 Å². The Bertz CT molecular complexity index is 647. The van der Waals surface area contributed by atoms with Gasteiger partial charge in [0, 0.05) is 11.1 Å². The molecule has 2 aromatic carbocycles. The van der Waals surface area contributed by atoms with Crippen LogP contribution in [0.3, 0.4) is 0 Å². The summed E-state index contributed by atoms with van der Waals surface area (Å²) in [4.78, 5) is 23.2. The number of aromatic hydroxyl groups is 1. The SMILES string of the molecule is Nc1c(C(=O)O)cccc1C(=O)c1ccc(O)cc1. The average molecular weight is 257 g/mol. The molecule has 0 fully saturated rings. The first-order valence-electron chi connectivity index (χ1n) is 5.46. The van der Waals surface area contributed by atoms with Crippen molar-refractivity contribution in [1.29, 1.82) is 0 Å². The van der Waals surface area contributed by atoms with Gasteiger partial charge in [0.05, 0.1) is 11.3 Å². The van der Waals surface area contributed by atoms with Gasteiger partial charge in [0.2, 0.25) is 0 Å². The fourth-order valence-electron chi connectivity index (χ4n) is 1.72. The molecule has 0 atom stereocenters. The number of phenolic OH excluding ortho intramolecular Hbond substituents is 1. The lowest BCUT2D eigenvalue weighted by molar-refractivity contribution is 0.0698. The predicted octanol–water partition coefficient (Wildman–Crippen LogP) is 1.90. The molecule has 5 nitrogen and oxygen atoms in total. The van der Waals surface area contributed by atoms with Crippen LogP contribution in [0.1, 0.15) is 26.3 Å². The third kappa shape index (κ3) is 2.40. The normalized spacial score (nSPS) is 10.1. The van der Waals surface area contributed by atoms with E-state index in [0.29, 0.717) is 5.56 Å². The minimum atomic E-state index is -1.18. The number of hydrogen-bond acceptors (Lipinski definition) is 4. The summed E-state index contributed by atoms with van der Waals surface area (Å²) in [6.07, 6.45) is 0. The summed E-state index contributed by atoms with van der Waals surface area (Å²) in [7, 11) is 0. The summed E-state index contributed by atoms with van der Waals surface area (Å²) < 4.78 is 0. The highest BCUT2D eigenvalue weighted by Crippen LogP contribution is 2.22. The maximum Gasteiger partial charge on any atom is 0.337 e. The Balaban J connectivity index is 2.47. The highest BCUT2D eigenvalue weighted by atomic mass is 16.4. The Kier molecular flexibility index (Phi) is 3.20. The van der Waals surface area contributed by atoms with E-state index in [2.05, 4.69) is 0 Å². The molecular formula is C14H11NO4. The van der Waals surface area contributed by atoms with Gasteiger partial charge in [-0.05, 0) is 36.4 Å². The number of anilines is 1. The van der Waals surface area contributed by atoms with Crippen molar-refractivity contribution in [2.24, 2.45) is 0 Å². The van der Waals surface area contributed by atoms with Crippen LogP contribution in [0.4, 0.5) is 5.69 Å². The smallest absolute Gasteiger partial charge is 0.337 e. The average Bonchev–Trinajstić information content (AvgIpc) is 2.38. The highest BCUT2D eigenvalue weighted by molar-refractivity contribution is 6.14. The van der Waals surface area contributed by atoms with Crippen LogP contribution in [0.2, 0.25) is 0 Å². The van der Waals surface area contributed by atoms with Gasteiger partial charge in [-0.3, -0.25) is 4.79 Å². The third-order valence-electron chi connectivity index (χ3n) is 2.71. The van der Waals surface area contributed by atoms with E-state index in [4.69, 9.17) is 15.9 Å². The molecular weight excluding hydrogens is 246 g/mol. The molecule has 2 aromatic rings. The van der Waals surface area contributed by atoms with Crippen LogP contribution in [0.5, 0.6) is 5.75 Å². The second-order valence-corrected chi connectivity index (χ2v) is 3.95. The lowest BCUT2D eigenvalue weighted by atomic mass is 9.99. The third-order valence-corrected chi connectivity index (χ3v) is 2.71. The predicted molar refractivity (Wildman–Crippen MR) is 69.4 cm³/mol. The van der Waals surface area contributed by atoms with Gasteiger partial charge in [0.15, 0.2) is 5.78 Å². The molecule has 0 saturated carbocycles. The second kappa shape index (κ2) is 4.81. The monoisotopic (exact) mass is 257 g/mol. The molecule has 0 aliphatic heterocycles. The number of carbonyl (C=O) groups is 2. The second-order valence-electron chi connectivity index (χ2n) is 3.95. The number of carboxylic acid groups (broad SMARTS) is 1. The molecule has 19 heavy (non-hydrogen) atoms. The molecule has 0 unspecified atom stereocenters. The quantitative estimate of drug-likeness (QED) is 0.576. The molecule has 0 bridgehead atoms. The van der Waals surface area contributed by atoms with E-state index >= 15 is 0 Å². The topological polar surface area (TPSA) is 101 Å². The fraction of sp³-hybridized carbons (Fsp3) is 0. The maximum atomic E-state index is 12.2. The lowest BCUT2D eigenvalue weighted by Crippen LogP contribution is -2.10. The number of nitrogens with two attached hydrogens (primary N) is 1. The van der Waals surface area contributed by atoms with Crippen LogP contribution < -0.4 is 5.73 Å². The Labute approximate surface area is 108 Å². The van der Waals surface area contributed by atoms with Crippen molar-refractivity contribution in [2.45, 2.75) is 0 Å². The maximum absolute atomic E-state index is 12.2. The van der Waals surface area contributed by atoms with Crippen LogP contribution in [0.25, 0.3) is 0 Å². The summed E-state index contributed by atoms with van der Waals surface area (Å²) >= 11 is 0. The lowest BCUT2D eigenvalue weighted by Gasteiger charge is -2.07. The number of hydrogen-bond donors (Lipinski definition) is 3. The molecule has 96 valence electrons. The molecule has 5 heteroatoms. The van der Waals surface area contributed by atoms with Crippen LogP contribution in [0, 0.1) is 0 Å². The molecule has 2 rings (SSSR count). The van der Waals surface area contributed by atoms with Gasteiger partial charge in [-0.1, -0.05) is 6.07 Å². The van der Waals surface area contributed by atoms with Gasteiger partial charge >= 0.3 is 5.97 Å². The summed E-state index contributed by atoms with van der Waals surface area (Å²) in [5.41, 5.74) is 5.99. The van der Waals surface area contributed by atoms with Crippen molar-refractivity contribution < 1.29 is 19.8 Å². The number of phenols is 1. The van der Waals surface area contributed by atoms with Crippen LogP contribution >= 0.6 is 0 Å². The van der Waals surface area contributed by atoms with Crippen LogP contribution in [-0.2, 0) is 0 Å². The molecule has 4 N–H and O–H groups in total. The number of benzene rings is 2. The van der Waals surface area contributed by atoms with Crippen molar-refractivity contribution in [3.05, 3.63) is 59.2 Å². The van der Waals surface area contributed by atoms with Gasteiger partial charge in [-0.2, -0.15) is 0 Å². The number of ketones is 1. The molecule has 0 aliphatic carbocycles. The van der Waals surface area contributed by atoms with Gasteiger partial charge in [0.25, 0.3) is 0 Å². The van der Waals surface area contributed by atoms with Crippen molar-refractivity contribution in [2.75, 3.05) is 5.73 Å². The minimum absolute atomic E-state index is 0.0452. The summed E-state index contributed by atoms with van der Waals surface area (Å²) in [6, 6.07) is 9.93. The Morgan fingerprint density at radius 1 is 0.947 bits per heavy atom. The van der Waals surface area contributed by atoms with E-state index in [1.54, 1.807) is 0 Å². The summed E-state index contributed by atoms with van der Waals surface area (Å²) in [6.45, 7) is 0. The van der Waals surface area contributed by atoms with Crippen molar-refractivity contribution >= 4 is 17.4 Å². The molecule has 0 saturated heterocycles. The molecule has 0 aliphatic rings. The van der Waals surface area contributed by atoms with Crippen molar-refractivity contribution in [3.8, 4) is 5.75 Å². The van der Waals surface area contributed by atoms with Gasteiger partial charge < -0.3 is 15.9 Å². The highest BCUT2D eigenvalue weighted by Gasteiger charge is 2.17. The molecule has 0 spiro atoms. The number of aromatic carboxylic acids is 1. The number of nitrogen functional groups attached to an aromatic ring is 1. The zero-order valence-corrected chi connectivity index (χ0v) is 9.83. The van der Waals surface area contributed by atoms with Crippen LogP contribution in [-0.4, -0.2) is 22.0 Å². The van der Waals surface area contributed by atoms with Gasteiger partial charge in [-0.25, -0.2) is 4.79 Å². The number of carboxylic acids is 1. The summed E-state index contributed by atoms with van der Waals surface area (Å²) in [5, 5.41) is 18.1. The Morgan fingerprint density at radius 2 is 1.53 bits per heavy atom. The largest absolute Gasteiger partial charge is 0.508 e. The first kappa shape index (κ1) is 12.6. The van der Waals surface area contributed by atoms with E-state index in [1.165, 1.54) is 42.5 Å². The van der Waals surface area contributed by atoms with Gasteiger partial charge in [0.1, 0.15) is 5.75 Å². The summed E-state index contributed by atoms with van der Waals surface area (Å²) in [5.74, 6) is -1.53. The van der Waals surface area contributed by atoms with Gasteiger partial charge in [-0.15, -0.1) is 0 Å².